The summed E-state index contributed by atoms with van der Waals surface area (Å²) in [5, 5.41) is 0. The van der Waals surface area contributed by atoms with Gasteiger partial charge in [0, 0.05) is 0 Å². The largest absolute Gasteiger partial charge is 0.469 e. The first-order valence-electron chi connectivity index (χ1n) is 5.24. The molecule has 0 aliphatic rings. The van der Waals surface area contributed by atoms with E-state index in [0.29, 0.717) is 6.07 Å². The van der Waals surface area contributed by atoms with Crippen LogP contribution in [0.3, 0.4) is 0 Å². The zero-order chi connectivity index (χ0) is 16.4. The van der Waals surface area contributed by atoms with Crippen molar-refractivity contribution in [2.24, 2.45) is 0 Å². The highest BCUT2D eigenvalue weighted by atomic mass is 19.4. The average molecular weight is 317 g/mol. The number of nitrogen functional groups attached to an aromatic ring is 1. The number of ether oxygens (including phenoxy) is 2. The van der Waals surface area contributed by atoms with Gasteiger partial charge in [-0.05, 0) is 18.2 Å². The van der Waals surface area contributed by atoms with Crippen LogP contribution >= 0.6 is 0 Å². The standard InChI is InChI=1S/C11H9F6NO3/c1-20-8(19)5-2-3-6(18)7(4-5)21-9(10(12,13)14)11(15,16)17/h2-4,9H,18H2,1H3. The summed E-state index contributed by atoms with van der Waals surface area (Å²) < 4.78 is 82.5. The first kappa shape index (κ1) is 16.9. The van der Waals surface area contributed by atoms with Crippen molar-refractivity contribution in [3.05, 3.63) is 23.8 Å². The molecule has 1 rings (SSSR count). The number of benzene rings is 1. The van der Waals surface area contributed by atoms with Crippen molar-refractivity contribution in [3.8, 4) is 5.75 Å². The molecule has 0 amide bonds. The molecule has 0 fully saturated rings. The number of hydrogen-bond donors (Lipinski definition) is 1. The Morgan fingerprint density at radius 1 is 1.14 bits per heavy atom. The topological polar surface area (TPSA) is 61.5 Å². The number of anilines is 1. The second-order valence-electron chi connectivity index (χ2n) is 3.83. The molecule has 0 radical (unpaired) electrons. The van der Waals surface area contributed by atoms with Crippen LogP contribution in [0, 0.1) is 0 Å². The monoisotopic (exact) mass is 317 g/mol. The lowest BCUT2D eigenvalue weighted by Gasteiger charge is -2.24. The maximum Gasteiger partial charge on any atom is 0.434 e. The number of nitrogens with two attached hydrogens (primary N) is 1. The maximum absolute atomic E-state index is 12.4. The van der Waals surface area contributed by atoms with Gasteiger partial charge in [0.1, 0.15) is 5.75 Å². The molecule has 0 aromatic heterocycles. The lowest BCUT2D eigenvalue weighted by atomic mass is 10.2. The molecule has 0 spiro atoms. The molecule has 118 valence electrons. The van der Waals surface area contributed by atoms with Crippen molar-refractivity contribution in [1.29, 1.82) is 0 Å². The second kappa shape index (κ2) is 5.70. The van der Waals surface area contributed by atoms with Gasteiger partial charge in [0.15, 0.2) is 0 Å². The van der Waals surface area contributed by atoms with Crippen LogP contribution in [-0.2, 0) is 4.74 Å². The average Bonchev–Trinajstić information content (AvgIpc) is 2.33. The van der Waals surface area contributed by atoms with E-state index >= 15 is 0 Å². The number of carbonyl (C=O) groups excluding carboxylic acids is 1. The number of rotatable bonds is 3. The van der Waals surface area contributed by atoms with E-state index in [-0.39, 0.29) is 5.56 Å². The Morgan fingerprint density at radius 3 is 2.10 bits per heavy atom. The third-order valence-electron chi connectivity index (χ3n) is 2.27. The van der Waals surface area contributed by atoms with E-state index in [1.807, 2.05) is 0 Å². The van der Waals surface area contributed by atoms with Crippen molar-refractivity contribution in [3.63, 3.8) is 0 Å². The Bertz CT molecular complexity index is 512. The van der Waals surface area contributed by atoms with E-state index in [1.54, 1.807) is 0 Å². The molecular weight excluding hydrogens is 308 g/mol. The van der Waals surface area contributed by atoms with Gasteiger partial charge in [-0.25, -0.2) is 4.79 Å². The number of alkyl halides is 6. The van der Waals surface area contributed by atoms with Gasteiger partial charge in [0.2, 0.25) is 0 Å². The van der Waals surface area contributed by atoms with Crippen LogP contribution in [0.2, 0.25) is 0 Å². The van der Waals surface area contributed by atoms with Crippen molar-refractivity contribution < 1.29 is 40.6 Å². The first-order valence-corrected chi connectivity index (χ1v) is 5.24. The Hall–Kier alpha value is -2.13. The lowest BCUT2D eigenvalue weighted by Crippen LogP contribution is -2.46. The molecule has 0 aliphatic heterocycles. The SMILES string of the molecule is COC(=O)c1ccc(N)c(OC(C(F)(F)F)C(F)(F)F)c1. The van der Waals surface area contributed by atoms with E-state index in [2.05, 4.69) is 9.47 Å². The van der Waals surface area contributed by atoms with Gasteiger partial charge in [-0.2, -0.15) is 26.3 Å². The molecular formula is C11H9F6NO3. The van der Waals surface area contributed by atoms with Crippen LogP contribution in [0.5, 0.6) is 5.75 Å². The predicted octanol–water partition coefficient (Wildman–Crippen LogP) is 2.93. The molecule has 10 heteroatoms. The predicted molar refractivity (Wildman–Crippen MR) is 58.7 cm³/mol. The van der Waals surface area contributed by atoms with E-state index in [1.165, 1.54) is 0 Å². The fraction of sp³-hybridized carbons (Fsp3) is 0.364. The number of hydrogen-bond acceptors (Lipinski definition) is 4. The van der Waals surface area contributed by atoms with Crippen LogP contribution in [0.25, 0.3) is 0 Å². The molecule has 21 heavy (non-hydrogen) atoms. The number of methoxy groups -OCH3 is 1. The van der Waals surface area contributed by atoms with Gasteiger partial charge in [-0.3, -0.25) is 0 Å². The molecule has 1 aromatic rings. The summed E-state index contributed by atoms with van der Waals surface area (Å²) in [4.78, 5) is 11.2. The highest BCUT2D eigenvalue weighted by molar-refractivity contribution is 5.90. The molecule has 2 N–H and O–H groups in total. The van der Waals surface area contributed by atoms with Crippen LogP contribution in [0.1, 0.15) is 10.4 Å². The van der Waals surface area contributed by atoms with Crippen LogP contribution in [0.4, 0.5) is 32.0 Å². The maximum atomic E-state index is 12.4. The third-order valence-corrected chi connectivity index (χ3v) is 2.27. The molecule has 1 aromatic carbocycles. The van der Waals surface area contributed by atoms with E-state index in [0.717, 1.165) is 19.2 Å². The normalized spacial score (nSPS) is 12.4. The Morgan fingerprint density at radius 2 is 1.67 bits per heavy atom. The summed E-state index contributed by atoms with van der Waals surface area (Å²) in [7, 11) is 0.994. The zero-order valence-electron chi connectivity index (χ0n) is 10.4. The van der Waals surface area contributed by atoms with Gasteiger partial charge in [-0.1, -0.05) is 0 Å². The van der Waals surface area contributed by atoms with Gasteiger partial charge in [-0.15, -0.1) is 0 Å². The highest BCUT2D eigenvalue weighted by Crippen LogP contribution is 2.38. The Kier molecular flexibility index (Phi) is 4.59. The minimum Gasteiger partial charge on any atom is -0.469 e. The first-order chi connectivity index (χ1) is 9.46. The minimum absolute atomic E-state index is 0.301. The van der Waals surface area contributed by atoms with Crippen LogP contribution in [0.15, 0.2) is 18.2 Å². The Balaban J connectivity index is 3.18. The van der Waals surface area contributed by atoms with Crippen molar-refractivity contribution in [2.45, 2.75) is 18.5 Å². The third kappa shape index (κ3) is 4.17. The number of halogens is 6. The van der Waals surface area contributed by atoms with Crippen LogP contribution in [-0.4, -0.2) is 31.5 Å². The van der Waals surface area contributed by atoms with Gasteiger partial charge in [0.05, 0.1) is 18.4 Å². The molecule has 0 aliphatic carbocycles. The summed E-state index contributed by atoms with van der Waals surface area (Å²) in [6, 6.07) is 2.65. The van der Waals surface area contributed by atoms with Gasteiger partial charge < -0.3 is 15.2 Å². The van der Waals surface area contributed by atoms with Gasteiger partial charge in [0.25, 0.3) is 6.10 Å². The smallest absolute Gasteiger partial charge is 0.434 e. The van der Waals surface area contributed by atoms with Crippen LogP contribution < -0.4 is 10.5 Å². The fourth-order valence-electron chi connectivity index (χ4n) is 1.33. The van der Waals surface area contributed by atoms with E-state index in [4.69, 9.17) is 5.73 Å². The summed E-state index contributed by atoms with van der Waals surface area (Å²) in [6.45, 7) is 0. The molecule has 0 saturated carbocycles. The van der Waals surface area contributed by atoms with E-state index < -0.39 is 35.9 Å². The molecule has 0 bridgehead atoms. The van der Waals surface area contributed by atoms with Gasteiger partial charge >= 0.3 is 18.3 Å². The van der Waals surface area contributed by atoms with E-state index in [9.17, 15) is 31.1 Å². The summed E-state index contributed by atoms with van der Waals surface area (Å²) in [6.07, 6.45) is -15.4. The zero-order valence-corrected chi connectivity index (χ0v) is 10.4. The lowest BCUT2D eigenvalue weighted by molar-refractivity contribution is -0.299. The molecule has 0 unspecified atom stereocenters. The van der Waals surface area contributed by atoms with Crippen molar-refractivity contribution in [1.82, 2.24) is 0 Å². The van der Waals surface area contributed by atoms with Crippen molar-refractivity contribution >= 4 is 11.7 Å². The Labute approximate surface area is 114 Å². The fourth-order valence-corrected chi connectivity index (χ4v) is 1.33. The second-order valence-corrected chi connectivity index (χ2v) is 3.83. The number of carbonyl (C=O) groups is 1. The summed E-state index contributed by atoms with van der Waals surface area (Å²) in [5.74, 6) is -1.88. The summed E-state index contributed by atoms with van der Waals surface area (Å²) in [5.41, 5.74) is 4.47. The van der Waals surface area contributed by atoms with Crippen molar-refractivity contribution in [2.75, 3.05) is 12.8 Å². The minimum atomic E-state index is -5.69. The number of esters is 1. The quantitative estimate of drug-likeness (QED) is 0.529. The molecule has 0 atom stereocenters. The summed E-state index contributed by atoms with van der Waals surface area (Å²) >= 11 is 0. The molecule has 0 saturated heterocycles. The molecule has 0 heterocycles. The highest BCUT2D eigenvalue weighted by Gasteiger charge is 2.59. The molecule has 4 nitrogen and oxygen atoms in total.